The van der Waals surface area contributed by atoms with Crippen molar-refractivity contribution in [3.63, 3.8) is 0 Å². The van der Waals surface area contributed by atoms with Crippen molar-refractivity contribution in [3.05, 3.63) is 48.0 Å². The topological polar surface area (TPSA) is 43.2 Å². The van der Waals surface area contributed by atoms with Gasteiger partial charge < -0.3 is 4.74 Å². The molecule has 4 heterocycles. The summed E-state index contributed by atoms with van der Waals surface area (Å²) in [6.07, 6.45) is 7.53. The molecule has 0 bridgehead atoms. The molecule has 1 spiro atoms. The Balaban J connectivity index is 1.23. The van der Waals surface area contributed by atoms with E-state index in [0.29, 0.717) is 23.5 Å². The van der Waals surface area contributed by atoms with Crippen molar-refractivity contribution in [2.24, 2.45) is 0 Å². The van der Waals surface area contributed by atoms with Gasteiger partial charge in [0.15, 0.2) is 0 Å². The number of ether oxygens (including phenoxy) is 1. The lowest BCUT2D eigenvalue weighted by atomic mass is 9.92. The molecule has 25 heavy (non-hydrogen) atoms. The fourth-order valence-electron chi connectivity index (χ4n) is 3.70. The summed E-state index contributed by atoms with van der Waals surface area (Å²) < 4.78 is 8.53. The highest BCUT2D eigenvalue weighted by Gasteiger charge is 2.49. The Morgan fingerprint density at radius 2 is 2.24 bits per heavy atom. The second-order valence-electron chi connectivity index (χ2n) is 7.52. The van der Waals surface area contributed by atoms with Gasteiger partial charge in [-0.3, -0.25) is 14.6 Å². The van der Waals surface area contributed by atoms with Crippen LogP contribution in [0.3, 0.4) is 0 Å². The minimum atomic E-state index is 0.359. The van der Waals surface area contributed by atoms with Crippen LogP contribution >= 0.6 is 11.8 Å². The van der Waals surface area contributed by atoms with Crippen LogP contribution in [0.2, 0.25) is 0 Å². The summed E-state index contributed by atoms with van der Waals surface area (Å²) in [6.45, 7) is 8.28. The molecule has 2 aromatic rings. The standard InChI is InChI=1S/C19H26N4OS/c1-15(2)23-10-16(8-21-23)9-22-13-19(14-22)7-18(12-25-19)24-11-17-5-3-4-6-20-17/h3-6,8,10,15,18H,7,9,11-14H2,1-2H3. The van der Waals surface area contributed by atoms with Crippen LogP contribution in [0.4, 0.5) is 0 Å². The lowest BCUT2D eigenvalue weighted by Crippen LogP contribution is -2.58. The van der Waals surface area contributed by atoms with Gasteiger partial charge in [0.1, 0.15) is 0 Å². The molecule has 0 aromatic carbocycles. The van der Waals surface area contributed by atoms with Crippen molar-refractivity contribution >= 4 is 11.8 Å². The van der Waals surface area contributed by atoms with Gasteiger partial charge in [-0.15, -0.1) is 11.8 Å². The van der Waals surface area contributed by atoms with E-state index in [1.807, 2.05) is 35.3 Å². The second kappa shape index (κ2) is 7.09. The average Bonchev–Trinajstić information content (AvgIpc) is 3.21. The molecule has 2 fully saturated rings. The molecule has 1 unspecified atom stereocenters. The first-order valence-electron chi connectivity index (χ1n) is 9.03. The summed E-state index contributed by atoms with van der Waals surface area (Å²) in [5.74, 6) is 1.10. The predicted octanol–water partition coefficient (Wildman–Crippen LogP) is 3.14. The summed E-state index contributed by atoms with van der Waals surface area (Å²) in [7, 11) is 0. The Labute approximate surface area is 153 Å². The molecule has 2 aliphatic rings. The molecule has 0 N–H and O–H groups in total. The SMILES string of the molecule is CC(C)n1cc(CN2CC3(CC(OCc4ccccn4)CS3)C2)cn1. The minimum Gasteiger partial charge on any atom is -0.371 e. The minimum absolute atomic E-state index is 0.359. The summed E-state index contributed by atoms with van der Waals surface area (Å²) in [6, 6.07) is 6.42. The van der Waals surface area contributed by atoms with Gasteiger partial charge in [0.05, 0.1) is 24.6 Å². The molecule has 2 aromatic heterocycles. The summed E-state index contributed by atoms with van der Waals surface area (Å²) in [5, 5.41) is 4.44. The van der Waals surface area contributed by atoms with E-state index < -0.39 is 0 Å². The van der Waals surface area contributed by atoms with Crippen LogP contribution in [0.1, 0.15) is 37.6 Å². The van der Waals surface area contributed by atoms with Crippen molar-refractivity contribution in [1.82, 2.24) is 19.7 Å². The molecule has 0 amide bonds. The first-order chi connectivity index (χ1) is 12.1. The van der Waals surface area contributed by atoms with E-state index in [-0.39, 0.29) is 0 Å². The number of thioether (sulfide) groups is 1. The van der Waals surface area contributed by atoms with Gasteiger partial charge in [-0.05, 0) is 32.4 Å². The number of aromatic nitrogens is 3. The zero-order valence-electron chi connectivity index (χ0n) is 15.0. The molecule has 4 rings (SSSR count). The van der Waals surface area contributed by atoms with Gasteiger partial charge in [-0.25, -0.2) is 0 Å². The molecule has 0 radical (unpaired) electrons. The predicted molar refractivity (Wildman–Crippen MR) is 101 cm³/mol. The number of hydrogen-bond acceptors (Lipinski definition) is 5. The number of nitrogens with zero attached hydrogens (tertiary/aromatic N) is 4. The molecular formula is C19H26N4OS. The van der Waals surface area contributed by atoms with Crippen molar-refractivity contribution in [3.8, 4) is 0 Å². The maximum absolute atomic E-state index is 6.09. The number of hydrogen-bond donors (Lipinski definition) is 0. The Kier molecular flexibility index (Phi) is 4.84. The highest BCUT2D eigenvalue weighted by atomic mass is 32.2. The van der Waals surface area contributed by atoms with Crippen LogP contribution in [0.15, 0.2) is 36.8 Å². The Bertz CT molecular complexity index is 696. The molecule has 1 atom stereocenters. The van der Waals surface area contributed by atoms with E-state index in [0.717, 1.165) is 37.5 Å². The third kappa shape index (κ3) is 3.91. The average molecular weight is 359 g/mol. The van der Waals surface area contributed by atoms with Crippen LogP contribution in [0.5, 0.6) is 0 Å². The van der Waals surface area contributed by atoms with Gasteiger partial charge in [-0.2, -0.15) is 5.10 Å². The van der Waals surface area contributed by atoms with Crippen molar-refractivity contribution in [1.29, 1.82) is 0 Å². The largest absolute Gasteiger partial charge is 0.371 e. The van der Waals surface area contributed by atoms with Crippen LogP contribution in [0, 0.1) is 0 Å². The lowest BCUT2D eigenvalue weighted by Gasteiger charge is -2.47. The van der Waals surface area contributed by atoms with Gasteiger partial charge in [0, 0.05) is 54.1 Å². The van der Waals surface area contributed by atoms with E-state index in [2.05, 4.69) is 46.8 Å². The van der Waals surface area contributed by atoms with Gasteiger partial charge in [0.2, 0.25) is 0 Å². The van der Waals surface area contributed by atoms with E-state index in [1.54, 1.807) is 0 Å². The Hall–Kier alpha value is -1.37. The Morgan fingerprint density at radius 1 is 1.36 bits per heavy atom. The summed E-state index contributed by atoms with van der Waals surface area (Å²) >= 11 is 2.09. The Morgan fingerprint density at radius 3 is 2.96 bits per heavy atom. The maximum Gasteiger partial charge on any atom is 0.0892 e. The quantitative estimate of drug-likeness (QED) is 0.794. The fraction of sp³-hybridized carbons (Fsp3) is 0.579. The third-order valence-corrected chi connectivity index (χ3v) is 6.56. The first kappa shape index (κ1) is 17.1. The number of rotatable bonds is 6. The number of likely N-dealkylation sites (tertiary alicyclic amines) is 1. The molecule has 5 nitrogen and oxygen atoms in total. The zero-order valence-corrected chi connectivity index (χ0v) is 15.8. The second-order valence-corrected chi connectivity index (χ2v) is 9.01. The summed E-state index contributed by atoms with van der Waals surface area (Å²) in [4.78, 5) is 6.86. The van der Waals surface area contributed by atoms with Crippen LogP contribution in [-0.2, 0) is 17.9 Å². The van der Waals surface area contributed by atoms with Gasteiger partial charge >= 0.3 is 0 Å². The molecule has 134 valence electrons. The van der Waals surface area contributed by atoms with Crippen molar-refractivity contribution < 1.29 is 4.74 Å². The highest BCUT2D eigenvalue weighted by molar-refractivity contribution is 8.01. The normalized spacial score (nSPS) is 22.6. The van der Waals surface area contributed by atoms with Gasteiger partial charge in [0.25, 0.3) is 0 Å². The van der Waals surface area contributed by atoms with Crippen LogP contribution < -0.4 is 0 Å². The van der Waals surface area contributed by atoms with Crippen molar-refractivity contribution in [2.75, 3.05) is 18.8 Å². The van der Waals surface area contributed by atoms with Crippen LogP contribution in [0.25, 0.3) is 0 Å². The lowest BCUT2D eigenvalue weighted by molar-refractivity contribution is 0.0251. The molecule has 2 aliphatic heterocycles. The van der Waals surface area contributed by atoms with E-state index in [4.69, 9.17) is 4.74 Å². The van der Waals surface area contributed by atoms with Crippen LogP contribution in [-0.4, -0.2) is 49.4 Å². The molecular weight excluding hydrogens is 332 g/mol. The monoisotopic (exact) mass is 358 g/mol. The molecule has 0 aliphatic carbocycles. The van der Waals surface area contributed by atoms with Crippen molar-refractivity contribution in [2.45, 2.75) is 50.3 Å². The van der Waals surface area contributed by atoms with E-state index in [1.165, 1.54) is 5.56 Å². The van der Waals surface area contributed by atoms with E-state index >= 15 is 0 Å². The first-order valence-corrected chi connectivity index (χ1v) is 10.0. The van der Waals surface area contributed by atoms with E-state index in [9.17, 15) is 0 Å². The summed E-state index contributed by atoms with van der Waals surface area (Å²) in [5.41, 5.74) is 2.33. The third-order valence-electron chi connectivity index (χ3n) is 4.98. The zero-order chi connectivity index (χ0) is 17.3. The fourth-order valence-corrected chi connectivity index (χ4v) is 5.30. The molecule has 6 heteroatoms. The maximum atomic E-state index is 6.09. The number of pyridine rings is 1. The molecule has 2 saturated heterocycles. The van der Waals surface area contributed by atoms with Gasteiger partial charge in [-0.1, -0.05) is 6.07 Å². The molecule has 0 saturated carbocycles. The smallest absolute Gasteiger partial charge is 0.0892 e. The highest BCUT2D eigenvalue weighted by Crippen LogP contribution is 2.46.